The van der Waals surface area contributed by atoms with Crippen LogP contribution in [0.15, 0.2) is 54.7 Å². The number of hydrogen-bond donors (Lipinski definition) is 1. The van der Waals surface area contributed by atoms with Crippen molar-refractivity contribution < 1.29 is 14.6 Å². The van der Waals surface area contributed by atoms with Gasteiger partial charge in [0, 0.05) is 55.9 Å². The highest BCUT2D eigenvalue weighted by Crippen LogP contribution is 2.48. The Labute approximate surface area is 182 Å². The van der Waals surface area contributed by atoms with Crippen molar-refractivity contribution in [1.82, 2.24) is 14.7 Å². The van der Waals surface area contributed by atoms with Gasteiger partial charge in [-0.1, -0.05) is 24.3 Å². The van der Waals surface area contributed by atoms with Crippen LogP contribution in [0.2, 0.25) is 0 Å². The lowest BCUT2D eigenvalue weighted by Crippen LogP contribution is -2.49. The maximum absolute atomic E-state index is 13.1. The Morgan fingerprint density at radius 1 is 1.10 bits per heavy atom. The Morgan fingerprint density at radius 2 is 1.77 bits per heavy atom. The van der Waals surface area contributed by atoms with Crippen LogP contribution in [0.25, 0.3) is 11.3 Å². The van der Waals surface area contributed by atoms with Crippen molar-refractivity contribution in [3.63, 3.8) is 0 Å². The predicted molar refractivity (Wildman–Crippen MR) is 118 cm³/mol. The van der Waals surface area contributed by atoms with Gasteiger partial charge in [-0.25, -0.2) is 0 Å². The fourth-order valence-electron chi connectivity index (χ4n) is 4.68. The molecule has 0 atom stereocenters. The largest absolute Gasteiger partial charge is 0.482 e. The molecule has 0 bridgehead atoms. The Kier molecular flexibility index (Phi) is 4.45. The number of carbonyl (C=O) groups is 1. The Morgan fingerprint density at radius 3 is 2.45 bits per heavy atom. The van der Waals surface area contributed by atoms with Crippen molar-refractivity contribution >= 4 is 5.91 Å². The maximum Gasteiger partial charge on any atom is 0.253 e. The molecular weight excluding hydrogens is 390 g/mol. The average molecular weight is 418 g/mol. The highest BCUT2D eigenvalue weighted by molar-refractivity contribution is 5.94. The third-order valence-corrected chi connectivity index (χ3v) is 6.46. The van der Waals surface area contributed by atoms with E-state index in [1.165, 1.54) is 0 Å². The number of para-hydroxylation sites is 1. The summed E-state index contributed by atoms with van der Waals surface area (Å²) >= 11 is 0. The first-order chi connectivity index (χ1) is 14.8. The lowest BCUT2D eigenvalue weighted by Gasteiger charge is -2.44. The fraction of sp³-hybridized carbons (Fsp3) is 0.360. The first kappa shape index (κ1) is 19.8. The summed E-state index contributed by atoms with van der Waals surface area (Å²) in [5.41, 5.74) is 3.16. The number of carbonyl (C=O) groups excluding carboxylic acids is 1. The van der Waals surface area contributed by atoms with Crippen molar-refractivity contribution in [1.29, 1.82) is 0 Å². The van der Waals surface area contributed by atoms with E-state index in [4.69, 9.17) is 9.84 Å². The maximum atomic E-state index is 13.1. The van der Waals surface area contributed by atoms with Gasteiger partial charge in [0.05, 0.1) is 5.60 Å². The quantitative estimate of drug-likeness (QED) is 0.688. The van der Waals surface area contributed by atoms with Crippen molar-refractivity contribution in [3.05, 3.63) is 71.4 Å². The molecule has 3 aromatic rings. The van der Waals surface area contributed by atoms with Gasteiger partial charge in [0.25, 0.3) is 5.91 Å². The third kappa shape index (κ3) is 3.31. The minimum Gasteiger partial charge on any atom is -0.482 e. The highest BCUT2D eigenvalue weighted by Gasteiger charge is 2.45. The number of ether oxygens (including phenoxy) is 1. The molecule has 0 radical (unpaired) electrons. The second-order valence-corrected chi connectivity index (χ2v) is 9.09. The SMILES string of the molecule is Cn1cc2c(n1)-c1ccccc1OC21CCN(C(=O)c2ccc(C(C)(C)O)cc2)CC1. The number of fused-ring (bicyclic) bond motifs is 4. The number of aryl methyl sites for hydroxylation is 1. The zero-order chi connectivity index (χ0) is 21.8. The molecule has 6 heteroatoms. The molecule has 1 fully saturated rings. The van der Waals surface area contributed by atoms with E-state index in [0.717, 1.165) is 28.1 Å². The van der Waals surface area contributed by atoms with Crippen molar-refractivity contribution in [2.75, 3.05) is 13.1 Å². The van der Waals surface area contributed by atoms with Crippen LogP contribution in [0.3, 0.4) is 0 Å². The molecule has 1 aromatic heterocycles. The number of rotatable bonds is 2. The summed E-state index contributed by atoms with van der Waals surface area (Å²) in [4.78, 5) is 15.0. The van der Waals surface area contributed by atoms with Crippen LogP contribution in [0.1, 0.15) is 48.2 Å². The summed E-state index contributed by atoms with van der Waals surface area (Å²) in [5.74, 6) is 0.871. The van der Waals surface area contributed by atoms with Gasteiger partial charge < -0.3 is 14.7 Å². The lowest BCUT2D eigenvalue weighted by atomic mass is 9.81. The molecule has 6 nitrogen and oxygen atoms in total. The molecule has 1 N–H and O–H groups in total. The molecular formula is C25H27N3O3. The van der Waals surface area contributed by atoms with E-state index in [2.05, 4.69) is 6.20 Å². The van der Waals surface area contributed by atoms with Gasteiger partial charge in [-0.15, -0.1) is 0 Å². The molecule has 160 valence electrons. The Bertz CT molecular complexity index is 1130. The third-order valence-electron chi connectivity index (χ3n) is 6.46. The van der Waals surface area contributed by atoms with Crippen LogP contribution in [0, 0.1) is 0 Å². The second-order valence-electron chi connectivity index (χ2n) is 9.09. The van der Waals surface area contributed by atoms with Crippen LogP contribution in [-0.2, 0) is 18.2 Å². The van der Waals surface area contributed by atoms with Crippen LogP contribution in [-0.4, -0.2) is 38.8 Å². The summed E-state index contributed by atoms with van der Waals surface area (Å²) in [5, 5.41) is 14.9. The van der Waals surface area contributed by atoms with E-state index in [9.17, 15) is 9.90 Å². The standard InChI is InChI=1S/C25H27N3O3/c1-24(2,30)18-10-8-17(9-11-18)23(29)28-14-12-25(13-15-28)20-16-27(3)26-22(20)19-6-4-5-7-21(19)31-25/h4-11,16,30H,12-15H2,1-3H3. The summed E-state index contributed by atoms with van der Waals surface area (Å²) in [6, 6.07) is 15.3. The molecule has 1 spiro atoms. The smallest absolute Gasteiger partial charge is 0.253 e. The van der Waals surface area contributed by atoms with Gasteiger partial charge in [0.1, 0.15) is 17.0 Å². The molecule has 2 aromatic carbocycles. The Hall–Kier alpha value is -3.12. The summed E-state index contributed by atoms with van der Waals surface area (Å²) in [7, 11) is 1.94. The zero-order valence-electron chi connectivity index (χ0n) is 18.1. The van der Waals surface area contributed by atoms with Gasteiger partial charge >= 0.3 is 0 Å². The van der Waals surface area contributed by atoms with E-state index < -0.39 is 11.2 Å². The summed E-state index contributed by atoms with van der Waals surface area (Å²) in [6.07, 6.45) is 3.49. The minimum absolute atomic E-state index is 0.0137. The fourth-order valence-corrected chi connectivity index (χ4v) is 4.68. The first-order valence-corrected chi connectivity index (χ1v) is 10.7. The van der Waals surface area contributed by atoms with E-state index >= 15 is 0 Å². The number of amides is 1. The van der Waals surface area contributed by atoms with E-state index in [-0.39, 0.29) is 5.91 Å². The lowest BCUT2D eigenvalue weighted by molar-refractivity contribution is -0.00168. The second kappa shape index (κ2) is 6.95. The van der Waals surface area contributed by atoms with E-state index in [1.807, 2.05) is 53.0 Å². The molecule has 2 aliphatic rings. The molecule has 3 heterocycles. The van der Waals surface area contributed by atoms with Crippen molar-refractivity contribution in [2.24, 2.45) is 7.05 Å². The molecule has 5 rings (SSSR count). The van der Waals surface area contributed by atoms with Crippen LogP contribution in [0.5, 0.6) is 5.75 Å². The van der Waals surface area contributed by atoms with Gasteiger partial charge in [-0.2, -0.15) is 5.10 Å². The van der Waals surface area contributed by atoms with Crippen LogP contribution < -0.4 is 4.74 Å². The minimum atomic E-state index is -0.922. The number of nitrogens with zero attached hydrogens (tertiary/aromatic N) is 3. The van der Waals surface area contributed by atoms with E-state index in [0.29, 0.717) is 31.5 Å². The van der Waals surface area contributed by atoms with Gasteiger partial charge in [0.2, 0.25) is 0 Å². The topological polar surface area (TPSA) is 67.6 Å². The molecule has 0 aliphatic carbocycles. The highest BCUT2D eigenvalue weighted by atomic mass is 16.5. The molecule has 0 saturated carbocycles. The van der Waals surface area contributed by atoms with Crippen LogP contribution in [0.4, 0.5) is 0 Å². The van der Waals surface area contributed by atoms with Crippen molar-refractivity contribution in [2.45, 2.75) is 37.9 Å². The molecule has 1 amide bonds. The molecule has 1 saturated heterocycles. The van der Waals surface area contributed by atoms with Crippen molar-refractivity contribution in [3.8, 4) is 17.0 Å². The zero-order valence-corrected chi connectivity index (χ0v) is 18.1. The summed E-state index contributed by atoms with van der Waals surface area (Å²) < 4.78 is 8.41. The van der Waals surface area contributed by atoms with Gasteiger partial charge in [0.15, 0.2) is 0 Å². The first-order valence-electron chi connectivity index (χ1n) is 10.7. The average Bonchev–Trinajstić information content (AvgIpc) is 3.16. The number of aliphatic hydroxyl groups is 1. The monoisotopic (exact) mass is 417 g/mol. The number of hydrogen-bond acceptors (Lipinski definition) is 4. The van der Waals surface area contributed by atoms with Gasteiger partial charge in [-0.3, -0.25) is 9.48 Å². The summed E-state index contributed by atoms with van der Waals surface area (Å²) in [6.45, 7) is 4.71. The van der Waals surface area contributed by atoms with Crippen LogP contribution >= 0.6 is 0 Å². The number of benzene rings is 2. The number of aromatic nitrogens is 2. The van der Waals surface area contributed by atoms with E-state index in [1.54, 1.807) is 26.0 Å². The normalized spacial score (nSPS) is 17.1. The Balaban J connectivity index is 1.37. The molecule has 0 unspecified atom stereocenters. The predicted octanol–water partition coefficient (Wildman–Crippen LogP) is 3.84. The number of likely N-dealkylation sites (tertiary alicyclic amines) is 1. The molecule has 31 heavy (non-hydrogen) atoms. The number of piperidine rings is 1. The van der Waals surface area contributed by atoms with Gasteiger partial charge in [-0.05, 0) is 43.7 Å². The molecule has 2 aliphatic heterocycles.